The van der Waals surface area contributed by atoms with Crippen molar-refractivity contribution < 1.29 is 4.42 Å². The molecule has 0 bridgehead atoms. The van der Waals surface area contributed by atoms with E-state index in [-0.39, 0.29) is 0 Å². The molecule has 0 fully saturated rings. The molecular formula is C34H23NO. The van der Waals surface area contributed by atoms with Crippen LogP contribution in [0, 0.1) is 0 Å². The second kappa shape index (κ2) is 8.44. The van der Waals surface area contributed by atoms with Crippen molar-refractivity contribution in [3.63, 3.8) is 0 Å². The Labute approximate surface area is 209 Å². The monoisotopic (exact) mass is 461 g/mol. The maximum absolute atomic E-state index is 6.66. The molecule has 0 N–H and O–H groups in total. The standard InChI is InChI=1S/C34H23NO/c1-4-12-24(13-5-1)26-22-31(35(27-15-6-2-7-16-27)28-17-8-3-9-18-28)33-30-21-20-25-14-10-11-19-29(25)34(30)36-32(33)23-26/h1-23H. The van der Waals surface area contributed by atoms with Crippen LogP contribution in [-0.4, -0.2) is 0 Å². The van der Waals surface area contributed by atoms with Crippen LogP contribution >= 0.6 is 0 Å². The maximum atomic E-state index is 6.66. The minimum Gasteiger partial charge on any atom is -0.455 e. The van der Waals surface area contributed by atoms with Crippen molar-refractivity contribution in [3.8, 4) is 11.1 Å². The molecule has 36 heavy (non-hydrogen) atoms. The van der Waals surface area contributed by atoms with Crippen LogP contribution < -0.4 is 4.90 Å². The van der Waals surface area contributed by atoms with E-state index in [1.54, 1.807) is 0 Å². The number of para-hydroxylation sites is 2. The van der Waals surface area contributed by atoms with Gasteiger partial charge >= 0.3 is 0 Å². The zero-order chi connectivity index (χ0) is 23.9. The molecule has 0 aliphatic carbocycles. The number of hydrogen-bond donors (Lipinski definition) is 0. The molecule has 0 saturated heterocycles. The normalized spacial score (nSPS) is 11.3. The molecule has 0 atom stereocenters. The van der Waals surface area contributed by atoms with E-state index in [1.807, 2.05) is 0 Å². The van der Waals surface area contributed by atoms with E-state index in [1.165, 1.54) is 5.39 Å². The molecule has 0 saturated carbocycles. The Balaban J connectivity index is 1.62. The van der Waals surface area contributed by atoms with Gasteiger partial charge in [-0.3, -0.25) is 0 Å². The minimum atomic E-state index is 0.884. The summed E-state index contributed by atoms with van der Waals surface area (Å²) in [6.07, 6.45) is 0. The van der Waals surface area contributed by atoms with E-state index in [4.69, 9.17) is 4.42 Å². The Morgan fingerprint density at radius 2 is 1.08 bits per heavy atom. The summed E-state index contributed by atoms with van der Waals surface area (Å²) in [5.41, 5.74) is 7.39. The maximum Gasteiger partial charge on any atom is 0.143 e. The zero-order valence-electron chi connectivity index (χ0n) is 19.6. The van der Waals surface area contributed by atoms with Crippen LogP contribution in [0.15, 0.2) is 144 Å². The molecule has 7 rings (SSSR count). The van der Waals surface area contributed by atoms with Gasteiger partial charge in [-0.2, -0.15) is 0 Å². The summed E-state index contributed by atoms with van der Waals surface area (Å²) < 4.78 is 6.66. The van der Waals surface area contributed by atoms with Gasteiger partial charge in [-0.25, -0.2) is 0 Å². The van der Waals surface area contributed by atoms with Gasteiger partial charge in [0, 0.05) is 22.1 Å². The zero-order valence-corrected chi connectivity index (χ0v) is 19.6. The molecule has 0 unspecified atom stereocenters. The lowest BCUT2D eigenvalue weighted by molar-refractivity contribution is 0.673. The van der Waals surface area contributed by atoms with Gasteiger partial charge < -0.3 is 9.32 Å². The molecule has 1 heterocycles. The molecule has 0 spiro atoms. The average Bonchev–Trinajstić information content (AvgIpc) is 3.34. The quantitative estimate of drug-likeness (QED) is 0.259. The molecular weight excluding hydrogens is 438 g/mol. The van der Waals surface area contributed by atoms with Gasteiger partial charge in [0.25, 0.3) is 0 Å². The van der Waals surface area contributed by atoms with Crippen LogP contribution in [0.3, 0.4) is 0 Å². The average molecular weight is 462 g/mol. The smallest absolute Gasteiger partial charge is 0.143 e. The van der Waals surface area contributed by atoms with Crippen LogP contribution in [-0.2, 0) is 0 Å². The summed E-state index contributed by atoms with van der Waals surface area (Å²) in [4.78, 5) is 2.33. The molecule has 6 aromatic carbocycles. The third kappa shape index (κ3) is 3.35. The van der Waals surface area contributed by atoms with Crippen LogP contribution in [0.25, 0.3) is 43.8 Å². The van der Waals surface area contributed by atoms with Crippen molar-refractivity contribution in [1.29, 1.82) is 0 Å². The van der Waals surface area contributed by atoms with Gasteiger partial charge in [-0.1, -0.05) is 97.1 Å². The van der Waals surface area contributed by atoms with Crippen LogP contribution in [0.4, 0.5) is 17.1 Å². The lowest BCUT2D eigenvalue weighted by atomic mass is 9.99. The Hall–Kier alpha value is -4.82. The van der Waals surface area contributed by atoms with E-state index < -0.39 is 0 Å². The fourth-order valence-corrected chi connectivity index (χ4v) is 5.17. The first kappa shape index (κ1) is 20.5. The van der Waals surface area contributed by atoms with Crippen LogP contribution in [0.5, 0.6) is 0 Å². The molecule has 0 aliphatic rings. The highest BCUT2D eigenvalue weighted by Gasteiger charge is 2.21. The van der Waals surface area contributed by atoms with E-state index in [0.29, 0.717) is 0 Å². The second-order valence-corrected chi connectivity index (χ2v) is 9.01. The Morgan fingerprint density at radius 3 is 1.78 bits per heavy atom. The predicted octanol–water partition coefficient (Wildman–Crippen LogP) is 9.88. The molecule has 2 nitrogen and oxygen atoms in total. The van der Waals surface area contributed by atoms with Crippen molar-refractivity contribution in [2.45, 2.75) is 0 Å². The van der Waals surface area contributed by atoms with E-state index in [2.05, 4.69) is 144 Å². The molecule has 0 aliphatic heterocycles. The first-order chi connectivity index (χ1) is 17.9. The summed E-state index contributed by atoms with van der Waals surface area (Å²) in [7, 11) is 0. The van der Waals surface area contributed by atoms with Crippen molar-refractivity contribution >= 4 is 49.8 Å². The molecule has 0 amide bonds. The molecule has 0 radical (unpaired) electrons. The summed E-state index contributed by atoms with van der Waals surface area (Å²) in [6, 6.07) is 48.9. The highest BCUT2D eigenvalue weighted by Crippen LogP contribution is 2.46. The van der Waals surface area contributed by atoms with Crippen LogP contribution in [0.2, 0.25) is 0 Å². The number of nitrogens with zero attached hydrogens (tertiary/aromatic N) is 1. The fourth-order valence-electron chi connectivity index (χ4n) is 5.17. The summed E-state index contributed by atoms with van der Waals surface area (Å²) >= 11 is 0. The third-order valence-electron chi connectivity index (χ3n) is 6.82. The lowest BCUT2D eigenvalue weighted by Gasteiger charge is -2.26. The largest absolute Gasteiger partial charge is 0.455 e. The van der Waals surface area contributed by atoms with Gasteiger partial charge in [-0.05, 0) is 59.0 Å². The van der Waals surface area contributed by atoms with Gasteiger partial charge in [0.1, 0.15) is 11.2 Å². The topological polar surface area (TPSA) is 16.4 Å². The Morgan fingerprint density at radius 1 is 0.472 bits per heavy atom. The van der Waals surface area contributed by atoms with E-state index in [9.17, 15) is 0 Å². The molecule has 170 valence electrons. The number of rotatable bonds is 4. The Kier molecular flexibility index (Phi) is 4.82. The van der Waals surface area contributed by atoms with Gasteiger partial charge in [0.05, 0.1) is 11.1 Å². The first-order valence-electron chi connectivity index (χ1n) is 12.2. The van der Waals surface area contributed by atoms with Gasteiger partial charge in [-0.15, -0.1) is 0 Å². The van der Waals surface area contributed by atoms with Crippen molar-refractivity contribution in [2.75, 3.05) is 4.90 Å². The highest BCUT2D eigenvalue weighted by atomic mass is 16.3. The summed E-state index contributed by atoms with van der Waals surface area (Å²) in [5.74, 6) is 0. The Bertz CT molecular complexity index is 1780. The van der Waals surface area contributed by atoms with Gasteiger partial charge in [0.15, 0.2) is 0 Å². The molecule has 7 aromatic rings. The fraction of sp³-hybridized carbons (Fsp3) is 0. The number of benzene rings is 6. The second-order valence-electron chi connectivity index (χ2n) is 9.01. The predicted molar refractivity (Wildman–Crippen MR) is 151 cm³/mol. The van der Waals surface area contributed by atoms with Crippen molar-refractivity contribution in [1.82, 2.24) is 0 Å². The minimum absolute atomic E-state index is 0.884. The number of fused-ring (bicyclic) bond motifs is 5. The third-order valence-corrected chi connectivity index (χ3v) is 6.82. The van der Waals surface area contributed by atoms with Crippen LogP contribution in [0.1, 0.15) is 0 Å². The number of anilines is 3. The van der Waals surface area contributed by atoms with Crippen molar-refractivity contribution in [2.24, 2.45) is 0 Å². The summed E-state index contributed by atoms with van der Waals surface area (Å²) in [6.45, 7) is 0. The number of furan rings is 1. The van der Waals surface area contributed by atoms with Gasteiger partial charge in [0.2, 0.25) is 0 Å². The first-order valence-corrected chi connectivity index (χ1v) is 12.2. The molecule has 1 aromatic heterocycles. The molecule has 2 heteroatoms. The SMILES string of the molecule is c1ccc(-c2cc(N(c3ccccc3)c3ccccc3)c3c(c2)oc2c4ccccc4ccc23)cc1. The summed E-state index contributed by atoms with van der Waals surface area (Å²) in [5, 5.41) is 4.54. The lowest BCUT2D eigenvalue weighted by Crippen LogP contribution is -2.10. The highest BCUT2D eigenvalue weighted by molar-refractivity contribution is 6.20. The van der Waals surface area contributed by atoms with E-state index in [0.717, 1.165) is 55.5 Å². The van der Waals surface area contributed by atoms with Crippen molar-refractivity contribution in [3.05, 3.63) is 140 Å². The van der Waals surface area contributed by atoms with E-state index >= 15 is 0 Å². The number of hydrogen-bond acceptors (Lipinski definition) is 2.